The molecule has 0 spiro atoms. The van der Waals surface area contributed by atoms with Gasteiger partial charge < -0.3 is 14.3 Å². The van der Waals surface area contributed by atoms with Crippen LogP contribution in [0.15, 0.2) is 40.8 Å². The van der Waals surface area contributed by atoms with Crippen molar-refractivity contribution in [1.82, 2.24) is 9.88 Å². The average Bonchev–Trinajstić information content (AvgIpc) is 3.17. The van der Waals surface area contributed by atoms with Crippen LogP contribution in [0.4, 0.5) is 0 Å². The van der Waals surface area contributed by atoms with Crippen LogP contribution in [0.1, 0.15) is 41.5 Å². The molecule has 4 rings (SSSR count). The lowest BCUT2D eigenvalue weighted by atomic mass is 9.86. The minimum Gasteiger partial charge on any atom is -0.464 e. The summed E-state index contributed by atoms with van der Waals surface area (Å²) in [5.74, 6) is 1.79. The number of hydrogen-bond donors (Lipinski definition) is 1. The van der Waals surface area contributed by atoms with Gasteiger partial charge in [-0.15, -0.1) is 0 Å². The van der Waals surface area contributed by atoms with Crippen molar-refractivity contribution in [2.45, 2.75) is 38.6 Å². The molecule has 0 radical (unpaired) electrons. The number of aromatic amines is 1. The number of aryl methyl sites for hydroxylation is 2. The molecular weight excluding hydrogens is 300 g/mol. The summed E-state index contributed by atoms with van der Waals surface area (Å²) in [5, 5.41) is 1.26. The molecule has 124 valence electrons. The number of H-pyrrole nitrogens is 1. The minimum absolute atomic E-state index is 0.0813. The highest BCUT2D eigenvalue weighted by Gasteiger charge is 2.31. The monoisotopic (exact) mass is 322 g/mol. The largest absolute Gasteiger partial charge is 0.464 e. The van der Waals surface area contributed by atoms with Crippen molar-refractivity contribution >= 4 is 16.8 Å². The topological polar surface area (TPSA) is 49.2 Å². The summed E-state index contributed by atoms with van der Waals surface area (Å²) < 4.78 is 5.61. The molecule has 4 heteroatoms. The molecule has 1 aliphatic carbocycles. The van der Waals surface area contributed by atoms with E-state index in [2.05, 4.69) is 23.2 Å². The first-order chi connectivity index (χ1) is 11.6. The van der Waals surface area contributed by atoms with Crippen molar-refractivity contribution in [2.75, 3.05) is 7.05 Å². The number of nitrogens with zero attached hydrogens (tertiary/aromatic N) is 1. The highest BCUT2D eigenvalue weighted by molar-refractivity contribution is 5.90. The molecule has 1 aromatic carbocycles. The number of carbonyl (C=O) groups excluding carboxylic acids is 1. The lowest BCUT2D eigenvalue weighted by molar-refractivity contribution is -0.132. The van der Waals surface area contributed by atoms with Crippen LogP contribution in [0, 0.1) is 6.92 Å². The van der Waals surface area contributed by atoms with Crippen molar-refractivity contribution in [3.8, 4) is 0 Å². The lowest BCUT2D eigenvalue weighted by Gasteiger charge is -2.26. The predicted molar refractivity (Wildman–Crippen MR) is 93.9 cm³/mol. The number of fused-ring (bicyclic) bond motifs is 3. The van der Waals surface area contributed by atoms with Crippen LogP contribution in [0.25, 0.3) is 10.9 Å². The van der Waals surface area contributed by atoms with Gasteiger partial charge in [0.05, 0.1) is 12.5 Å². The zero-order chi connectivity index (χ0) is 16.7. The number of carbonyl (C=O) groups is 1. The first-order valence-corrected chi connectivity index (χ1v) is 8.53. The van der Waals surface area contributed by atoms with E-state index in [1.54, 1.807) is 4.90 Å². The Kier molecular flexibility index (Phi) is 3.68. The van der Waals surface area contributed by atoms with Crippen molar-refractivity contribution in [1.29, 1.82) is 0 Å². The molecule has 0 fully saturated rings. The summed E-state index contributed by atoms with van der Waals surface area (Å²) in [6.45, 7) is 2.43. The molecule has 0 saturated heterocycles. The maximum absolute atomic E-state index is 13.0. The third kappa shape index (κ3) is 2.52. The first-order valence-electron chi connectivity index (χ1n) is 8.53. The molecule has 0 bridgehead atoms. The van der Waals surface area contributed by atoms with E-state index in [1.807, 2.05) is 32.2 Å². The van der Waals surface area contributed by atoms with Gasteiger partial charge in [-0.05, 0) is 49.9 Å². The van der Waals surface area contributed by atoms with Crippen LogP contribution in [0.2, 0.25) is 0 Å². The van der Waals surface area contributed by atoms with Gasteiger partial charge in [0, 0.05) is 23.6 Å². The third-order valence-corrected chi connectivity index (χ3v) is 4.98. The van der Waals surface area contributed by atoms with Gasteiger partial charge in [0.15, 0.2) is 0 Å². The fourth-order valence-electron chi connectivity index (χ4n) is 3.81. The second kappa shape index (κ2) is 5.86. The first kappa shape index (κ1) is 15.1. The molecule has 4 nitrogen and oxygen atoms in total. The smallest absolute Gasteiger partial charge is 0.231 e. The number of aromatic nitrogens is 1. The van der Waals surface area contributed by atoms with Crippen LogP contribution >= 0.6 is 0 Å². The summed E-state index contributed by atoms with van der Waals surface area (Å²) in [5.41, 5.74) is 3.55. The molecule has 24 heavy (non-hydrogen) atoms. The normalized spacial score (nSPS) is 17.0. The average molecular weight is 322 g/mol. The molecule has 1 aliphatic rings. The number of hydrogen-bond acceptors (Lipinski definition) is 2. The number of furan rings is 1. The Balaban J connectivity index is 1.62. The number of para-hydroxylation sites is 1. The second-order valence-corrected chi connectivity index (χ2v) is 6.71. The summed E-state index contributed by atoms with van der Waals surface area (Å²) in [6.07, 6.45) is 3.00. The van der Waals surface area contributed by atoms with Gasteiger partial charge in [-0.2, -0.15) is 0 Å². The third-order valence-electron chi connectivity index (χ3n) is 4.98. The van der Waals surface area contributed by atoms with Crippen molar-refractivity contribution in [2.24, 2.45) is 0 Å². The number of nitrogens with one attached hydrogen (secondary N) is 1. The van der Waals surface area contributed by atoms with Gasteiger partial charge in [-0.1, -0.05) is 18.2 Å². The van der Waals surface area contributed by atoms with E-state index in [1.165, 1.54) is 10.9 Å². The lowest BCUT2D eigenvalue weighted by Crippen LogP contribution is -2.33. The summed E-state index contributed by atoms with van der Waals surface area (Å²) in [6, 6.07) is 12.2. The number of rotatable bonds is 3. The standard InChI is InChI=1S/C20H22N2O2/c1-13-10-11-14(24-13)12-22(2)20(23)17-8-5-7-16-15-6-3-4-9-18(15)21-19(16)17/h3-4,6,9-11,17,21H,5,7-8,12H2,1-2H3. The second-order valence-electron chi connectivity index (χ2n) is 6.71. The Morgan fingerprint density at radius 1 is 1.29 bits per heavy atom. The Morgan fingerprint density at radius 3 is 2.92 bits per heavy atom. The molecular formula is C20H22N2O2. The number of benzene rings is 1. The molecule has 2 heterocycles. The zero-order valence-electron chi connectivity index (χ0n) is 14.1. The van der Waals surface area contributed by atoms with E-state index in [4.69, 9.17) is 4.42 Å². The maximum atomic E-state index is 13.0. The van der Waals surface area contributed by atoms with Crippen molar-refractivity contribution in [3.05, 3.63) is 59.2 Å². The van der Waals surface area contributed by atoms with Crippen LogP contribution in [-0.4, -0.2) is 22.8 Å². The minimum atomic E-state index is -0.0813. The number of amides is 1. The molecule has 3 aromatic rings. The van der Waals surface area contributed by atoms with Crippen LogP contribution in [0.3, 0.4) is 0 Å². The van der Waals surface area contributed by atoms with Gasteiger partial charge >= 0.3 is 0 Å². The fraction of sp³-hybridized carbons (Fsp3) is 0.350. The van der Waals surface area contributed by atoms with Gasteiger partial charge in [0.1, 0.15) is 11.5 Å². The van der Waals surface area contributed by atoms with Gasteiger partial charge in [-0.25, -0.2) is 0 Å². The highest BCUT2D eigenvalue weighted by Crippen LogP contribution is 2.37. The molecule has 1 atom stereocenters. The number of likely N-dealkylation sites (N-methyl/N-ethyl adjacent to an activating group) is 1. The Labute approximate surface area is 141 Å². The zero-order valence-corrected chi connectivity index (χ0v) is 14.1. The molecule has 1 unspecified atom stereocenters. The van der Waals surface area contributed by atoms with E-state index in [9.17, 15) is 4.79 Å². The fourth-order valence-corrected chi connectivity index (χ4v) is 3.81. The van der Waals surface area contributed by atoms with E-state index in [-0.39, 0.29) is 11.8 Å². The van der Waals surface area contributed by atoms with Gasteiger partial charge in [0.2, 0.25) is 5.91 Å². The summed E-state index contributed by atoms with van der Waals surface area (Å²) >= 11 is 0. The molecule has 1 amide bonds. The SMILES string of the molecule is Cc1ccc(CN(C)C(=O)C2CCCc3c2[nH]c2ccccc32)o1. The molecule has 1 N–H and O–H groups in total. The van der Waals surface area contributed by atoms with Crippen LogP contribution in [0.5, 0.6) is 0 Å². The van der Waals surface area contributed by atoms with E-state index < -0.39 is 0 Å². The highest BCUT2D eigenvalue weighted by atomic mass is 16.3. The van der Waals surface area contributed by atoms with E-state index in [0.717, 1.165) is 42.0 Å². The maximum Gasteiger partial charge on any atom is 0.231 e. The Hall–Kier alpha value is -2.49. The summed E-state index contributed by atoms with van der Waals surface area (Å²) in [7, 11) is 1.86. The molecule has 2 aromatic heterocycles. The van der Waals surface area contributed by atoms with E-state index >= 15 is 0 Å². The van der Waals surface area contributed by atoms with Gasteiger partial charge in [-0.3, -0.25) is 4.79 Å². The molecule has 0 aliphatic heterocycles. The Bertz CT molecular complexity index is 890. The quantitative estimate of drug-likeness (QED) is 0.787. The van der Waals surface area contributed by atoms with Gasteiger partial charge in [0.25, 0.3) is 0 Å². The van der Waals surface area contributed by atoms with Crippen LogP contribution in [-0.2, 0) is 17.8 Å². The van der Waals surface area contributed by atoms with E-state index in [0.29, 0.717) is 6.54 Å². The van der Waals surface area contributed by atoms with Crippen molar-refractivity contribution < 1.29 is 9.21 Å². The predicted octanol–water partition coefficient (Wildman–Crippen LogP) is 4.15. The Morgan fingerprint density at radius 2 is 2.12 bits per heavy atom. The molecule has 0 saturated carbocycles. The van der Waals surface area contributed by atoms with Crippen molar-refractivity contribution in [3.63, 3.8) is 0 Å². The van der Waals surface area contributed by atoms with Crippen LogP contribution < -0.4 is 0 Å². The summed E-state index contributed by atoms with van der Waals surface area (Å²) in [4.78, 5) is 18.3.